The minimum absolute atomic E-state index is 0.0264. The van der Waals surface area contributed by atoms with Crippen molar-refractivity contribution in [2.45, 2.75) is 31.6 Å². The molecule has 1 heterocycles. The van der Waals surface area contributed by atoms with Crippen LogP contribution in [0.4, 0.5) is 4.39 Å². The Bertz CT molecular complexity index is 854. The number of amides is 1. The minimum atomic E-state index is -3.83. The Hall–Kier alpha value is -2.26. The van der Waals surface area contributed by atoms with Crippen molar-refractivity contribution >= 4 is 21.9 Å². The van der Waals surface area contributed by atoms with Gasteiger partial charge in [0.05, 0.1) is 10.8 Å². The lowest BCUT2D eigenvalue weighted by molar-refractivity contribution is -0.156. The number of carbonyl (C=O) groups excluding carboxylic acids is 2. The van der Waals surface area contributed by atoms with Crippen molar-refractivity contribution < 1.29 is 27.1 Å². The first-order chi connectivity index (χ1) is 13.6. The molecule has 160 valence electrons. The van der Waals surface area contributed by atoms with E-state index < -0.39 is 27.7 Å². The maximum Gasteiger partial charge on any atom is 0.310 e. The van der Waals surface area contributed by atoms with Gasteiger partial charge < -0.3 is 9.64 Å². The van der Waals surface area contributed by atoms with Gasteiger partial charge in [0, 0.05) is 26.2 Å². The molecule has 1 aromatic rings. The molecule has 0 N–H and O–H groups in total. The highest BCUT2D eigenvalue weighted by molar-refractivity contribution is 7.89. The van der Waals surface area contributed by atoms with Gasteiger partial charge in [-0.3, -0.25) is 9.59 Å². The summed E-state index contributed by atoms with van der Waals surface area (Å²) in [5.74, 6) is -2.09. The topological polar surface area (TPSA) is 84.0 Å². The molecule has 7 nitrogen and oxygen atoms in total. The molecule has 0 saturated carbocycles. The molecule has 0 bridgehead atoms. The summed E-state index contributed by atoms with van der Waals surface area (Å²) in [5.41, 5.74) is 0.820. The molecule has 0 spiro atoms. The summed E-state index contributed by atoms with van der Waals surface area (Å²) in [7, 11) is -3.83. The molecule has 1 amide bonds. The largest absolute Gasteiger partial charge is 0.455 e. The number of esters is 1. The molecule has 0 aromatic heterocycles. The summed E-state index contributed by atoms with van der Waals surface area (Å²) in [4.78, 5) is 26.1. The molecule has 1 aliphatic heterocycles. The third-order valence-electron chi connectivity index (χ3n) is 4.70. The lowest BCUT2D eigenvalue weighted by Gasteiger charge is -2.31. The van der Waals surface area contributed by atoms with E-state index in [1.807, 2.05) is 6.92 Å². The zero-order valence-corrected chi connectivity index (χ0v) is 17.6. The molecule has 2 rings (SSSR count). The summed E-state index contributed by atoms with van der Waals surface area (Å²) in [5, 5.41) is 0. The highest BCUT2D eigenvalue weighted by Gasteiger charge is 2.34. The van der Waals surface area contributed by atoms with Gasteiger partial charge in [-0.25, -0.2) is 12.8 Å². The zero-order valence-electron chi connectivity index (χ0n) is 16.8. The van der Waals surface area contributed by atoms with E-state index >= 15 is 0 Å². The van der Waals surface area contributed by atoms with Crippen LogP contribution in [-0.2, 0) is 24.3 Å². The van der Waals surface area contributed by atoms with Crippen molar-refractivity contribution in [1.82, 2.24) is 9.21 Å². The van der Waals surface area contributed by atoms with Crippen LogP contribution in [0.1, 0.15) is 26.7 Å². The molecular formula is C20H27FN2O5S. The van der Waals surface area contributed by atoms with Crippen LogP contribution >= 0.6 is 0 Å². The summed E-state index contributed by atoms with van der Waals surface area (Å²) in [6.45, 7) is 8.10. The first kappa shape index (κ1) is 23.0. The number of likely N-dealkylation sites (N-methyl/N-ethyl adjacent to an activating group) is 1. The monoisotopic (exact) mass is 426 g/mol. The molecule has 1 fully saturated rings. The number of carbonyl (C=O) groups is 2. The van der Waals surface area contributed by atoms with Gasteiger partial charge in [0.25, 0.3) is 5.91 Å². The molecule has 29 heavy (non-hydrogen) atoms. The summed E-state index contributed by atoms with van der Waals surface area (Å²) in [6.07, 6.45) is 0.969. The van der Waals surface area contributed by atoms with Crippen LogP contribution in [0.3, 0.4) is 0 Å². The van der Waals surface area contributed by atoms with Crippen molar-refractivity contribution in [3.63, 3.8) is 0 Å². The molecule has 0 aliphatic carbocycles. The number of halogens is 1. The molecule has 1 aliphatic rings. The molecule has 1 saturated heterocycles. The number of rotatable bonds is 8. The fraction of sp³-hybridized carbons (Fsp3) is 0.500. The second kappa shape index (κ2) is 9.98. The standard InChI is InChI=1S/C20H27FN2O5S/c1-4-22(12-15(2)3)19(24)14-28-20(25)16-6-5-11-23(13-16)29(26,27)18-9-7-17(21)8-10-18/h7-10,16H,2,4-6,11-14H2,1,3H3. The van der Waals surface area contributed by atoms with Gasteiger partial charge in [-0.05, 0) is 51.0 Å². The second-order valence-electron chi connectivity index (χ2n) is 7.13. The van der Waals surface area contributed by atoms with Crippen LogP contribution in [0, 0.1) is 11.7 Å². The maximum atomic E-state index is 13.1. The third-order valence-corrected chi connectivity index (χ3v) is 6.58. The van der Waals surface area contributed by atoms with Crippen molar-refractivity contribution in [2.24, 2.45) is 5.92 Å². The van der Waals surface area contributed by atoms with E-state index in [0.29, 0.717) is 25.9 Å². The Balaban J connectivity index is 1.97. The van der Waals surface area contributed by atoms with E-state index in [2.05, 4.69) is 6.58 Å². The second-order valence-corrected chi connectivity index (χ2v) is 9.07. The van der Waals surface area contributed by atoms with Gasteiger partial charge >= 0.3 is 5.97 Å². The van der Waals surface area contributed by atoms with Crippen LogP contribution < -0.4 is 0 Å². The predicted molar refractivity (Wildman–Crippen MR) is 106 cm³/mol. The lowest BCUT2D eigenvalue weighted by atomic mass is 10.00. The fourth-order valence-electron chi connectivity index (χ4n) is 3.15. The first-order valence-corrected chi connectivity index (χ1v) is 10.9. The van der Waals surface area contributed by atoms with Crippen LogP contribution in [0.5, 0.6) is 0 Å². The minimum Gasteiger partial charge on any atom is -0.455 e. The Kier molecular flexibility index (Phi) is 7.92. The SMILES string of the molecule is C=C(C)CN(CC)C(=O)COC(=O)C1CCCN(S(=O)(=O)c2ccc(F)cc2)C1. The van der Waals surface area contributed by atoms with Gasteiger partial charge in [-0.1, -0.05) is 12.2 Å². The highest BCUT2D eigenvalue weighted by atomic mass is 32.2. The number of piperidine rings is 1. The normalized spacial score (nSPS) is 17.6. The fourth-order valence-corrected chi connectivity index (χ4v) is 4.68. The average molecular weight is 427 g/mol. The number of hydrogen-bond donors (Lipinski definition) is 0. The van der Waals surface area contributed by atoms with E-state index in [9.17, 15) is 22.4 Å². The predicted octanol–water partition coefficient (Wildman–Crippen LogP) is 2.19. The maximum absolute atomic E-state index is 13.1. The van der Waals surface area contributed by atoms with Gasteiger partial charge in [0.2, 0.25) is 10.0 Å². The van der Waals surface area contributed by atoms with Crippen molar-refractivity contribution in [2.75, 3.05) is 32.8 Å². The van der Waals surface area contributed by atoms with Crippen molar-refractivity contribution in [3.05, 3.63) is 42.2 Å². The van der Waals surface area contributed by atoms with Crippen LogP contribution in [-0.4, -0.2) is 62.3 Å². The Morgan fingerprint density at radius 1 is 1.31 bits per heavy atom. The molecule has 1 unspecified atom stereocenters. The quantitative estimate of drug-likeness (QED) is 0.470. The van der Waals surface area contributed by atoms with Crippen LogP contribution in [0.25, 0.3) is 0 Å². The molecule has 9 heteroatoms. The van der Waals surface area contributed by atoms with Crippen LogP contribution in [0.2, 0.25) is 0 Å². The van der Waals surface area contributed by atoms with E-state index in [1.54, 1.807) is 6.92 Å². The summed E-state index contributed by atoms with van der Waals surface area (Å²) < 4.78 is 44.9. The van der Waals surface area contributed by atoms with Gasteiger partial charge in [-0.2, -0.15) is 4.31 Å². The Morgan fingerprint density at radius 2 is 1.97 bits per heavy atom. The lowest BCUT2D eigenvalue weighted by Crippen LogP contribution is -2.43. The first-order valence-electron chi connectivity index (χ1n) is 9.49. The molecule has 1 aromatic carbocycles. The smallest absolute Gasteiger partial charge is 0.310 e. The Labute approximate surface area is 171 Å². The summed E-state index contributed by atoms with van der Waals surface area (Å²) >= 11 is 0. The number of sulfonamides is 1. The van der Waals surface area contributed by atoms with Crippen molar-refractivity contribution in [1.29, 1.82) is 0 Å². The van der Waals surface area contributed by atoms with E-state index in [4.69, 9.17) is 4.74 Å². The van der Waals surface area contributed by atoms with E-state index in [1.165, 1.54) is 21.3 Å². The number of nitrogens with zero attached hydrogens (tertiary/aromatic N) is 2. The van der Waals surface area contributed by atoms with E-state index in [0.717, 1.165) is 17.7 Å². The average Bonchev–Trinajstić information content (AvgIpc) is 2.70. The van der Waals surface area contributed by atoms with E-state index in [-0.39, 0.29) is 30.5 Å². The van der Waals surface area contributed by atoms with Gasteiger partial charge in [-0.15, -0.1) is 0 Å². The van der Waals surface area contributed by atoms with Gasteiger partial charge in [0.15, 0.2) is 6.61 Å². The third kappa shape index (κ3) is 6.11. The number of hydrogen-bond acceptors (Lipinski definition) is 5. The number of ether oxygens (including phenoxy) is 1. The molecular weight excluding hydrogens is 399 g/mol. The van der Waals surface area contributed by atoms with Gasteiger partial charge in [0.1, 0.15) is 5.82 Å². The zero-order chi connectivity index (χ0) is 21.6. The highest BCUT2D eigenvalue weighted by Crippen LogP contribution is 2.24. The Morgan fingerprint density at radius 3 is 2.55 bits per heavy atom. The summed E-state index contributed by atoms with van der Waals surface area (Å²) in [6, 6.07) is 4.57. The number of benzene rings is 1. The van der Waals surface area contributed by atoms with Crippen LogP contribution in [0.15, 0.2) is 41.3 Å². The van der Waals surface area contributed by atoms with Crippen molar-refractivity contribution in [3.8, 4) is 0 Å². The molecule has 0 radical (unpaired) electrons. The molecule has 1 atom stereocenters.